The summed E-state index contributed by atoms with van der Waals surface area (Å²) in [6.45, 7) is 0. The third-order valence-corrected chi connectivity index (χ3v) is 14.1. The molecule has 2 heterocycles. The van der Waals surface area contributed by atoms with Gasteiger partial charge in [-0.2, -0.15) is 15.2 Å². The Morgan fingerprint density at radius 2 is 1.48 bits per heavy atom. The van der Waals surface area contributed by atoms with Crippen molar-refractivity contribution in [1.82, 2.24) is 5.01 Å². The first kappa shape index (κ1) is 43.1. The molecule has 16 heteroatoms. The Kier molecular flexibility index (Phi) is 11.2. The molecule has 9 rings (SSSR count). The first-order chi connectivity index (χ1) is 30.8. The average molecular weight is 965 g/mol. The summed E-state index contributed by atoms with van der Waals surface area (Å²) >= 11 is 16.3. The molecule has 6 atom stereocenters. The predicted molar refractivity (Wildman–Crippen MR) is 247 cm³/mol. The Bertz CT molecular complexity index is 2790. The molecule has 2 aliphatic carbocycles. The molecule has 13 nitrogen and oxygen atoms in total. The van der Waals surface area contributed by atoms with E-state index in [1.54, 1.807) is 72.8 Å². The molecule has 5 aromatic rings. The number of azo groups is 1. The van der Waals surface area contributed by atoms with Gasteiger partial charge in [0.15, 0.2) is 11.5 Å². The van der Waals surface area contributed by atoms with Gasteiger partial charge in [-0.05, 0) is 137 Å². The topological polar surface area (TPSA) is 153 Å². The number of methoxy groups -OCH3 is 2. The zero-order valence-corrected chi connectivity index (χ0v) is 38.1. The molecule has 6 unspecified atom stereocenters. The van der Waals surface area contributed by atoms with Crippen LogP contribution in [-0.4, -0.2) is 62.1 Å². The minimum absolute atomic E-state index is 0.0602. The number of imide groups is 2. The van der Waals surface area contributed by atoms with Crippen molar-refractivity contribution < 1.29 is 33.8 Å². The second kappa shape index (κ2) is 16.7. The minimum Gasteiger partial charge on any atom is -0.503 e. The summed E-state index contributed by atoms with van der Waals surface area (Å²) in [5.74, 6) is -5.54. The van der Waals surface area contributed by atoms with E-state index < -0.39 is 52.7 Å². The fourth-order valence-corrected chi connectivity index (χ4v) is 10.9. The molecule has 4 amide bonds. The lowest BCUT2D eigenvalue weighted by atomic mass is 9.49. The molecule has 2 aliphatic heterocycles. The number of fused-ring (bicyclic) bond motifs is 4. The standard InChI is InChI=1S/C48H41BrCl2N6O7/c1-55(2)30-12-8-28(9-13-30)52-53-29-10-14-31(15-11-29)56-44(59)34-19-18-33-35(41(34)46(56)61)24-36-45(60)57(54-39-20-7-27(50)23-38(39)51)47(62)48(36,26-5-16-32(63-3)17-6-26)42(33)25-21-37(49)43(58)40(22-25)64-4/h5-18,20-23,34-36,41-42,54,58H,19,24H2,1-4H3. The highest BCUT2D eigenvalue weighted by molar-refractivity contribution is 9.10. The lowest BCUT2D eigenvalue weighted by Gasteiger charge is -2.50. The molecule has 5 aromatic carbocycles. The molecular weight excluding hydrogens is 923 g/mol. The predicted octanol–water partition coefficient (Wildman–Crippen LogP) is 10.1. The van der Waals surface area contributed by atoms with Gasteiger partial charge in [0, 0.05) is 30.7 Å². The van der Waals surface area contributed by atoms with Crippen LogP contribution >= 0.6 is 39.1 Å². The maximum atomic E-state index is 15.6. The summed E-state index contributed by atoms with van der Waals surface area (Å²) in [6, 6.07) is 29.4. The van der Waals surface area contributed by atoms with E-state index in [9.17, 15) is 14.7 Å². The van der Waals surface area contributed by atoms with Gasteiger partial charge in [0.05, 0.1) is 69.6 Å². The molecule has 2 N–H and O–H groups in total. The summed E-state index contributed by atoms with van der Waals surface area (Å²) < 4.78 is 11.4. The van der Waals surface area contributed by atoms with Crippen LogP contribution in [0.5, 0.6) is 17.2 Å². The smallest absolute Gasteiger partial charge is 0.260 e. The van der Waals surface area contributed by atoms with Gasteiger partial charge in [-0.25, -0.2) is 0 Å². The fraction of sp³-hybridized carbons (Fsp3) is 0.250. The van der Waals surface area contributed by atoms with Crippen molar-refractivity contribution >= 4 is 91.2 Å². The Hall–Kier alpha value is -6.22. The number of allylic oxidation sites excluding steroid dienone is 2. The van der Waals surface area contributed by atoms with Crippen molar-refractivity contribution in [3.63, 3.8) is 0 Å². The first-order valence-corrected chi connectivity index (χ1v) is 22.0. The van der Waals surface area contributed by atoms with Crippen LogP contribution in [0.1, 0.15) is 29.9 Å². The number of benzene rings is 5. The molecule has 326 valence electrons. The van der Waals surface area contributed by atoms with Gasteiger partial charge in [0.2, 0.25) is 11.8 Å². The molecule has 64 heavy (non-hydrogen) atoms. The van der Waals surface area contributed by atoms with Crippen LogP contribution in [0.25, 0.3) is 0 Å². The number of carbonyl (C=O) groups is 4. The van der Waals surface area contributed by atoms with Gasteiger partial charge in [0.25, 0.3) is 11.8 Å². The second-order valence-corrected chi connectivity index (χ2v) is 18.1. The molecule has 0 aromatic heterocycles. The van der Waals surface area contributed by atoms with Gasteiger partial charge < -0.3 is 19.5 Å². The van der Waals surface area contributed by atoms with Crippen molar-refractivity contribution in [1.29, 1.82) is 0 Å². The van der Waals surface area contributed by atoms with Crippen LogP contribution in [0.4, 0.5) is 28.4 Å². The number of anilines is 3. The van der Waals surface area contributed by atoms with Crippen LogP contribution in [-0.2, 0) is 24.6 Å². The third kappa shape index (κ3) is 6.99. The van der Waals surface area contributed by atoms with Crippen molar-refractivity contribution in [3.05, 3.63) is 140 Å². The van der Waals surface area contributed by atoms with E-state index in [1.165, 1.54) is 25.2 Å². The van der Waals surface area contributed by atoms with Gasteiger partial charge in [0.1, 0.15) is 5.75 Å². The zero-order valence-electron chi connectivity index (χ0n) is 35.0. The number of hydrazine groups is 1. The Morgan fingerprint density at radius 1 is 0.812 bits per heavy atom. The number of phenolic OH excluding ortho intramolecular Hbond substituents is 1. The first-order valence-electron chi connectivity index (χ1n) is 20.4. The van der Waals surface area contributed by atoms with Crippen molar-refractivity contribution in [2.75, 3.05) is 43.5 Å². The number of aromatic hydroxyl groups is 1. The SMILES string of the molecule is COc1ccc(C23C(=O)N(Nc4ccc(Cl)cc4Cl)C(=O)C2CC2C(=CCC4C(=O)N(c5ccc(N=Nc6ccc(N(C)C)cc6)cc5)C(=O)C42)C3c2cc(Br)c(O)c(OC)c2)cc1. The van der Waals surface area contributed by atoms with Crippen LogP contribution in [0.15, 0.2) is 129 Å². The van der Waals surface area contributed by atoms with Gasteiger partial charge in [-0.3, -0.25) is 29.5 Å². The molecule has 0 spiro atoms. The summed E-state index contributed by atoms with van der Waals surface area (Å²) in [4.78, 5) is 63.3. The highest BCUT2D eigenvalue weighted by atomic mass is 79.9. The number of ether oxygens (including phenoxy) is 2. The quantitative estimate of drug-likeness (QED) is 0.0791. The Morgan fingerprint density at radius 3 is 2.11 bits per heavy atom. The number of nitrogens with zero attached hydrogens (tertiary/aromatic N) is 5. The lowest BCUT2D eigenvalue weighted by molar-refractivity contribution is -0.138. The van der Waals surface area contributed by atoms with E-state index in [0.717, 1.165) is 16.3 Å². The fourth-order valence-electron chi connectivity index (χ4n) is 9.99. The maximum Gasteiger partial charge on any atom is 0.260 e. The van der Waals surface area contributed by atoms with Gasteiger partial charge in [-0.15, -0.1) is 0 Å². The molecule has 3 fully saturated rings. The maximum absolute atomic E-state index is 15.6. The van der Waals surface area contributed by atoms with E-state index in [0.29, 0.717) is 43.4 Å². The number of rotatable bonds is 10. The van der Waals surface area contributed by atoms with E-state index in [4.69, 9.17) is 32.7 Å². The molecule has 2 saturated heterocycles. The van der Waals surface area contributed by atoms with E-state index in [-0.39, 0.29) is 41.0 Å². The summed E-state index contributed by atoms with van der Waals surface area (Å²) in [6.07, 6.45) is 2.22. The Labute approximate surface area is 387 Å². The normalized spacial score (nSPS) is 23.8. The summed E-state index contributed by atoms with van der Waals surface area (Å²) in [5, 5.41) is 21.3. The third-order valence-electron chi connectivity index (χ3n) is 12.9. The van der Waals surface area contributed by atoms with Crippen LogP contribution in [0.2, 0.25) is 10.0 Å². The number of nitrogens with one attached hydrogen (secondary N) is 1. The molecule has 4 aliphatic rings. The largest absolute Gasteiger partial charge is 0.503 e. The second-order valence-electron chi connectivity index (χ2n) is 16.4. The highest BCUT2D eigenvalue weighted by Gasteiger charge is 2.70. The molecule has 1 saturated carbocycles. The molecule has 0 radical (unpaired) electrons. The lowest BCUT2D eigenvalue weighted by Crippen LogP contribution is -2.53. The van der Waals surface area contributed by atoms with Crippen molar-refractivity contribution in [2.24, 2.45) is 33.9 Å². The highest BCUT2D eigenvalue weighted by Crippen LogP contribution is 2.65. The Balaban J connectivity index is 1.14. The van der Waals surface area contributed by atoms with Crippen LogP contribution < -0.4 is 24.7 Å². The number of carbonyl (C=O) groups excluding carboxylic acids is 4. The molecular formula is C48H41BrCl2N6O7. The minimum atomic E-state index is -1.62. The summed E-state index contributed by atoms with van der Waals surface area (Å²) in [7, 11) is 6.87. The molecule has 0 bridgehead atoms. The number of phenols is 1. The van der Waals surface area contributed by atoms with Crippen LogP contribution in [0, 0.1) is 23.7 Å². The van der Waals surface area contributed by atoms with Gasteiger partial charge >= 0.3 is 0 Å². The number of amides is 4. The number of hydrogen-bond donors (Lipinski definition) is 2. The number of hydrogen-bond acceptors (Lipinski definition) is 11. The van der Waals surface area contributed by atoms with E-state index >= 15 is 9.59 Å². The van der Waals surface area contributed by atoms with E-state index in [2.05, 4.69) is 31.6 Å². The number of halogens is 3. The van der Waals surface area contributed by atoms with Gasteiger partial charge in [-0.1, -0.05) is 47.0 Å². The zero-order chi connectivity index (χ0) is 45.2. The van der Waals surface area contributed by atoms with E-state index in [1.807, 2.05) is 49.3 Å². The van der Waals surface area contributed by atoms with Crippen LogP contribution in [0.3, 0.4) is 0 Å². The van der Waals surface area contributed by atoms with Crippen molar-refractivity contribution in [2.45, 2.75) is 24.2 Å². The monoisotopic (exact) mass is 962 g/mol. The van der Waals surface area contributed by atoms with Crippen molar-refractivity contribution in [3.8, 4) is 17.2 Å². The average Bonchev–Trinajstić information content (AvgIpc) is 3.68. The summed E-state index contributed by atoms with van der Waals surface area (Å²) in [5.41, 5.74) is 6.06.